The standard InChI is InChI=1S/C39H27N/c1-26-10-9-13-30(24-26)40-37-17-8-7-16-36(37)39-33-20-18-28(25-29(33)19-23-38(39)40)32-22-21-31(27-11-3-2-4-12-27)34-14-5-6-15-35(32)34/h2-25H,1H3. The number of nitrogens with zero attached hydrogens (tertiary/aromatic N) is 1. The molecule has 0 aliphatic carbocycles. The van der Waals surface area contributed by atoms with E-state index in [4.69, 9.17) is 0 Å². The number of aromatic nitrogens is 1. The van der Waals surface area contributed by atoms with Gasteiger partial charge in [0.05, 0.1) is 11.0 Å². The van der Waals surface area contributed by atoms with E-state index in [2.05, 4.69) is 157 Å². The van der Waals surface area contributed by atoms with Crippen molar-refractivity contribution >= 4 is 43.4 Å². The average Bonchev–Trinajstić information content (AvgIpc) is 3.35. The molecule has 1 aromatic heterocycles. The third-order valence-corrected chi connectivity index (χ3v) is 8.23. The summed E-state index contributed by atoms with van der Waals surface area (Å²) in [6.07, 6.45) is 0. The predicted molar refractivity (Wildman–Crippen MR) is 171 cm³/mol. The molecule has 0 saturated carbocycles. The van der Waals surface area contributed by atoms with Crippen molar-refractivity contribution in [3.8, 4) is 27.9 Å². The van der Waals surface area contributed by atoms with Crippen LogP contribution in [0.15, 0.2) is 146 Å². The molecule has 0 radical (unpaired) electrons. The average molecular weight is 510 g/mol. The summed E-state index contributed by atoms with van der Waals surface area (Å²) in [7, 11) is 0. The lowest BCUT2D eigenvalue weighted by molar-refractivity contribution is 1.17. The summed E-state index contributed by atoms with van der Waals surface area (Å²) < 4.78 is 2.40. The minimum Gasteiger partial charge on any atom is -0.309 e. The molecule has 7 aromatic carbocycles. The molecule has 1 nitrogen and oxygen atoms in total. The Labute approximate surface area is 233 Å². The molecular weight excluding hydrogens is 482 g/mol. The van der Waals surface area contributed by atoms with Crippen molar-refractivity contribution in [2.75, 3.05) is 0 Å². The summed E-state index contributed by atoms with van der Waals surface area (Å²) in [5, 5.41) is 7.70. The molecule has 1 heteroatoms. The second-order valence-corrected chi connectivity index (χ2v) is 10.7. The summed E-state index contributed by atoms with van der Waals surface area (Å²) in [6, 6.07) is 53.1. The molecule has 0 N–H and O–H groups in total. The molecular formula is C39H27N. The molecule has 0 bridgehead atoms. The highest BCUT2D eigenvalue weighted by atomic mass is 15.0. The zero-order valence-electron chi connectivity index (χ0n) is 22.3. The second-order valence-electron chi connectivity index (χ2n) is 10.7. The van der Waals surface area contributed by atoms with Gasteiger partial charge in [-0.15, -0.1) is 0 Å². The van der Waals surface area contributed by atoms with Crippen LogP contribution in [-0.4, -0.2) is 4.57 Å². The Morgan fingerprint density at radius 2 is 1.12 bits per heavy atom. The number of hydrogen-bond donors (Lipinski definition) is 0. The fourth-order valence-corrected chi connectivity index (χ4v) is 6.43. The van der Waals surface area contributed by atoms with Crippen molar-refractivity contribution < 1.29 is 0 Å². The Bertz CT molecular complexity index is 2220. The fourth-order valence-electron chi connectivity index (χ4n) is 6.43. The van der Waals surface area contributed by atoms with E-state index in [1.807, 2.05) is 0 Å². The Hall–Kier alpha value is -5.14. The zero-order chi connectivity index (χ0) is 26.6. The highest BCUT2D eigenvalue weighted by Crippen LogP contribution is 2.40. The van der Waals surface area contributed by atoms with E-state index < -0.39 is 0 Å². The quantitative estimate of drug-likeness (QED) is 0.223. The van der Waals surface area contributed by atoms with Gasteiger partial charge < -0.3 is 4.57 Å². The Kier molecular flexibility index (Phi) is 5.11. The van der Waals surface area contributed by atoms with Gasteiger partial charge in [0.25, 0.3) is 0 Å². The summed E-state index contributed by atoms with van der Waals surface area (Å²) in [5.74, 6) is 0. The van der Waals surface area contributed by atoms with E-state index in [1.165, 1.54) is 76.9 Å². The van der Waals surface area contributed by atoms with E-state index in [0.29, 0.717) is 0 Å². The van der Waals surface area contributed by atoms with Gasteiger partial charge >= 0.3 is 0 Å². The van der Waals surface area contributed by atoms with E-state index in [1.54, 1.807) is 0 Å². The van der Waals surface area contributed by atoms with Crippen LogP contribution >= 0.6 is 0 Å². The van der Waals surface area contributed by atoms with Crippen molar-refractivity contribution in [2.45, 2.75) is 6.92 Å². The molecule has 0 saturated heterocycles. The SMILES string of the molecule is Cc1cccc(-n2c3ccccc3c3c4ccc(-c5ccc(-c6ccccc6)c6ccccc56)cc4ccc32)c1. The van der Waals surface area contributed by atoms with Gasteiger partial charge in [0.15, 0.2) is 0 Å². The molecule has 0 aliphatic heterocycles. The number of hydrogen-bond acceptors (Lipinski definition) is 0. The number of benzene rings is 7. The maximum absolute atomic E-state index is 2.40. The van der Waals surface area contributed by atoms with Gasteiger partial charge in [-0.2, -0.15) is 0 Å². The minimum atomic E-state index is 1.20. The van der Waals surface area contributed by atoms with Gasteiger partial charge in [-0.1, -0.05) is 115 Å². The first-order valence-electron chi connectivity index (χ1n) is 13.9. The van der Waals surface area contributed by atoms with Gasteiger partial charge in [-0.3, -0.25) is 0 Å². The summed E-state index contributed by atoms with van der Waals surface area (Å²) in [4.78, 5) is 0. The number of aryl methyl sites for hydroxylation is 1. The number of fused-ring (bicyclic) bond motifs is 6. The molecule has 0 fully saturated rings. The molecule has 0 unspecified atom stereocenters. The van der Waals surface area contributed by atoms with Crippen LogP contribution in [-0.2, 0) is 0 Å². The van der Waals surface area contributed by atoms with Crippen molar-refractivity contribution in [2.24, 2.45) is 0 Å². The maximum atomic E-state index is 2.40. The zero-order valence-corrected chi connectivity index (χ0v) is 22.3. The van der Waals surface area contributed by atoms with Crippen molar-refractivity contribution in [1.82, 2.24) is 4.57 Å². The largest absolute Gasteiger partial charge is 0.309 e. The first-order valence-corrected chi connectivity index (χ1v) is 13.9. The molecule has 0 aliphatic rings. The van der Waals surface area contributed by atoms with Crippen LogP contribution in [0.3, 0.4) is 0 Å². The van der Waals surface area contributed by atoms with Crippen LogP contribution in [0.2, 0.25) is 0 Å². The van der Waals surface area contributed by atoms with E-state index >= 15 is 0 Å². The second kappa shape index (κ2) is 8.97. The van der Waals surface area contributed by atoms with Gasteiger partial charge in [-0.25, -0.2) is 0 Å². The van der Waals surface area contributed by atoms with Gasteiger partial charge in [-0.05, 0) is 86.6 Å². The third-order valence-electron chi connectivity index (χ3n) is 8.23. The predicted octanol–water partition coefficient (Wildman–Crippen LogP) is 10.7. The van der Waals surface area contributed by atoms with Gasteiger partial charge in [0.2, 0.25) is 0 Å². The van der Waals surface area contributed by atoms with E-state index in [-0.39, 0.29) is 0 Å². The highest BCUT2D eigenvalue weighted by molar-refractivity contribution is 6.22. The molecule has 8 aromatic rings. The first kappa shape index (κ1) is 22.8. The van der Waals surface area contributed by atoms with Crippen LogP contribution < -0.4 is 0 Å². The normalized spacial score (nSPS) is 11.6. The van der Waals surface area contributed by atoms with Crippen LogP contribution in [0.5, 0.6) is 0 Å². The highest BCUT2D eigenvalue weighted by Gasteiger charge is 2.16. The smallest absolute Gasteiger partial charge is 0.0547 e. The number of para-hydroxylation sites is 1. The first-order chi connectivity index (χ1) is 19.8. The minimum absolute atomic E-state index is 1.20. The van der Waals surface area contributed by atoms with Crippen LogP contribution in [0, 0.1) is 6.92 Å². The van der Waals surface area contributed by atoms with Gasteiger partial charge in [0.1, 0.15) is 0 Å². The number of rotatable bonds is 3. The Morgan fingerprint density at radius 3 is 1.90 bits per heavy atom. The van der Waals surface area contributed by atoms with Crippen molar-refractivity contribution in [1.29, 1.82) is 0 Å². The van der Waals surface area contributed by atoms with E-state index in [9.17, 15) is 0 Å². The lowest BCUT2D eigenvalue weighted by atomic mass is 9.91. The monoisotopic (exact) mass is 509 g/mol. The summed E-state index contributed by atoms with van der Waals surface area (Å²) >= 11 is 0. The van der Waals surface area contributed by atoms with Crippen LogP contribution in [0.25, 0.3) is 71.3 Å². The maximum Gasteiger partial charge on any atom is 0.0547 e. The molecule has 1 heterocycles. The van der Waals surface area contributed by atoms with Crippen LogP contribution in [0.1, 0.15) is 5.56 Å². The molecule has 0 amide bonds. The lowest BCUT2D eigenvalue weighted by Crippen LogP contribution is -1.94. The lowest BCUT2D eigenvalue weighted by Gasteiger charge is -2.13. The molecule has 40 heavy (non-hydrogen) atoms. The van der Waals surface area contributed by atoms with E-state index in [0.717, 1.165) is 0 Å². The summed E-state index contributed by atoms with van der Waals surface area (Å²) in [6.45, 7) is 2.16. The molecule has 0 spiro atoms. The fraction of sp³-hybridized carbons (Fsp3) is 0.0256. The Balaban J connectivity index is 1.36. The molecule has 0 atom stereocenters. The van der Waals surface area contributed by atoms with Crippen molar-refractivity contribution in [3.05, 3.63) is 151 Å². The Morgan fingerprint density at radius 1 is 0.425 bits per heavy atom. The van der Waals surface area contributed by atoms with Gasteiger partial charge in [0, 0.05) is 16.5 Å². The molecule has 188 valence electrons. The van der Waals surface area contributed by atoms with Crippen molar-refractivity contribution in [3.63, 3.8) is 0 Å². The third kappa shape index (κ3) is 3.48. The van der Waals surface area contributed by atoms with Crippen LogP contribution in [0.4, 0.5) is 0 Å². The topological polar surface area (TPSA) is 4.93 Å². The summed E-state index contributed by atoms with van der Waals surface area (Å²) in [5.41, 5.74) is 9.96. The molecule has 8 rings (SSSR count).